The zero-order valence-electron chi connectivity index (χ0n) is 32.4. The lowest BCUT2D eigenvalue weighted by atomic mass is 9.88. The molecule has 0 fully saturated rings. The Hall–Kier alpha value is -5.40. The predicted molar refractivity (Wildman–Crippen MR) is 175 cm³/mol. The normalized spacial score (nSPS) is 15.7. The maximum atomic E-state index is 9.42. The molecule has 8 aromatic carbocycles. The lowest BCUT2D eigenvalue weighted by molar-refractivity contribution is 0.669. The summed E-state index contributed by atoms with van der Waals surface area (Å²) in [6, 6.07) is 19.6. The Morgan fingerprint density at radius 3 is 2.15 bits per heavy atom. The van der Waals surface area contributed by atoms with Gasteiger partial charge in [0.05, 0.1) is 15.1 Å². The van der Waals surface area contributed by atoms with Gasteiger partial charge in [-0.15, -0.1) is 0 Å². The van der Waals surface area contributed by atoms with E-state index in [1.165, 1.54) is 0 Å². The summed E-state index contributed by atoms with van der Waals surface area (Å²) in [4.78, 5) is 0. The van der Waals surface area contributed by atoms with Crippen LogP contribution in [-0.4, -0.2) is 0 Å². The molecule has 0 saturated heterocycles. The minimum absolute atomic E-state index is 0.0286. The zero-order valence-corrected chi connectivity index (χ0v) is 21.4. The van der Waals surface area contributed by atoms with Gasteiger partial charge in [-0.25, -0.2) is 0 Å². The summed E-state index contributed by atoms with van der Waals surface area (Å²) >= 11 is 0. The minimum Gasteiger partial charge on any atom is -0.456 e. The Labute approximate surface area is 252 Å². The fourth-order valence-corrected chi connectivity index (χ4v) is 6.01. The molecule has 190 valence electrons. The molecule has 9 rings (SSSR count). The molecule has 0 radical (unpaired) electrons. The van der Waals surface area contributed by atoms with Crippen molar-refractivity contribution in [3.8, 4) is 22.3 Å². The number of fused-ring (bicyclic) bond motifs is 8. The maximum Gasteiger partial charge on any atom is 0.136 e. The van der Waals surface area contributed by atoms with Crippen molar-refractivity contribution in [3.05, 3.63) is 145 Å². The van der Waals surface area contributed by atoms with E-state index in [1.54, 1.807) is 18.2 Å². The Balaban J connectivity index is 1.53. The first-order valence-electron chi connectivity index (χ1n) is 18.7. The topological polar surface area (TPSA) is 13.1 Å². The van der Waals surface area contributed by atoms with Crippen LogP contribution in [0, 0.1) is 0 Å². The highest BCUT2D eigenvalue weighted by Gasteiger charge is 2.19. The quantitative estimate of drug-likeness (QED) is 0.160. The molecule has 0 saturated carbocycles. The Bertz CT molecular complexity index is 3080. The van der Waals surface area contributed by atoms with Gasteiger partial charge < -0.3 is 4.42 Å². The van der Waals surface area contributed by atoms with Crippen molar-refractivity contribution in [1.29, 1.82) is 0 Å². The SMILES string of the molecule is [2H]c1c([2H])c([2H])c2c([2H])c3c(c([2H])c([2H])c4c([2H])c([2H])c([2H])c([2H])c43)c(-c3cccc4oc5cc6c(-c7ccccc7)cccc6cc5c34)c2c1[2H]. The van der Waals surface area contributed by atoms with Crippen molar-refractivity contribution in [2.24, 2.45) is 0 Å². The van der Waals surface area contributed by atoms with Gasteiger partial charge in [0.25, 0.3) is 0 Å². The number of hydrogen-bond acceptors (Lipinski definition) is 1. The number of benzene rings is 8. The largest absolute Gasteiger partial charge is 0.456 e. The van der Waals surface area contributed by atoms with E-state index in [4.69, 9.17) is 16.8 Å². The van der Waals surface area contributed by atoms with E-state index in [2.05, 4.69) is 0 Å². The summed E-state index contributed by atoms with van der Waals surface area (Å²) < 4.78 is 104. The van der Waals surface area contributed by atoms with Crippen molar-refractivity contribution in [2.75, 3.05) is 0 Å². The van der Waals surface area contributed by atoms with Crippen LogP contribution in [-0.2, 0) is 0 Å². The average molecular weight is 532 g/mol. The van der Waals surface area contributed by atoms with Crippen LogP contribution in [0.3, 0.4) is 0 Å². The third-order valence-corrected chi connectivity index (χ3v) is 7.79. The molecule has 0 amide bonds. The molecule has 1 nitrogen and oxygen atoms in total. The monoisotopic (exact) mass is 531 g/mol. The highest BCUT2D eigenvalue weighted by molar-refractivity contribution is 6.25. The molecule has 1 heterocycles. The van der Waals surface area contributed by atoms with Crippen LogP contribution < -0.4 is 0 Å². The van der Waals surface area contributed by atoms with Crippen molar-refractivity contribution in [3.63, 3.8) is 0 Å². The van der Waals surface area contributed by atoms with Crippen LogP contribution in [0.25, 0.3) is 87.3 Å². The van der Waals surface area contributed by atoms with Gasteiger partial charge in [0.1, 0.15) is 11.2 Å². The fourth-order valence-electron chi connectivity index (χ4n) is 6.01. The summed E-state index contributed by atoms with van der Waals surface area (Å²) in [6.45, 7) is 0. The minimum atomic E-state index is -0.587. The van der Waals surface area contributed by atoms with Crippen molar-refractivity contribution in [1.82, 2.24) is 0 Å². The lowest BCUT2D eigenvalue weighted by Crippen LogP contribution is -1.88. The van der Waals surface area contributed by atoms with E-state index >= 15 is 0 Å². The molecule has 0 spiro atoms. The van der Waals surface area contributed by atoms with Crippen molar-refractivity contribution in [2.45, 2.75) is 0 Å². The zero-order chi connectivity index (χ0) is 36.5. The fraction of sp³-hybridized carbons (Fsp3) is 0. The molecule has 0 unspecified atom stereocenters. The first-order chi connectivity index (χ1) is 24.9. The second-order valence-electron chi connectivity index (χ2n) is 10.0. The number of rotatable bonds is 2. The number of hydrogen-bond donors (Lipinski definition) is 0. The van der Waals surface area contributed by atoms with Crippen LogP contribution in [0.15, 0.2) is 150 Å². The standard InChI is InChI=1S/C40H24O/c1-2-10-25(11-3-1)29-17-8-14-28-23-36-38(24-34(28)29)41-37-19-9-18-33(40(36)37)39-31-16-7-5-13-27(31)22-35-30-15-6-4-12-26(30)20-21-32(35)39/h1-24H/i4D,5D,6D,7D,12D,13D,15D,16D,20D,21D,22D. The van der Waals surface area contributed by atoms with Crippen LogP contribution in [0.2, 0.25) is 0 Å². The Morgan fingerprint density at radius 1 is 0.463 bits per heavy atom. The molecule has 0 N–H and O–H groups in total. The Kier molecular flexibility index (Phi) is 2.98. The molecule has 0 aliphatic carbocycles. The highest BCUT2D eigenvalue weighted by Crippen LogP contribution is 2.45. The van der Waals surface area contributed by atoms with Crippen LogP contribution >= 0.6 is 0 Å². The molecule has 0 aliphatic rings. The van der Waals surface area contributed by atoms with Gasteiger partial charge in [-0.1, -0.05) is 121 Å². The van der Waals surface area contributed by atoms with E-state index in [9.17, 15) is 2.74 Å². The molecule has 0 bridgehead atoms. The molecule has 0 atom stereocenters. The van der Waals surface area contributed by atoms with Crippen molar-refractivity contribution < 1.29 is 19.5 Å². The summed E-state index contributed by atoms with van der Waals surface area (Å²) in [5.74, 6) is 0. The van der Waals surface area contributed by atoms with Crippen molar-refractivity contribution >= 4 is 65.0 Å². The Morgan fingerprint density at radius 2 is 1.24 bits per heavy atom. The van der Waals surface area contributed by atoms with E-state index < -0.39 is 66.5 Å². The van der Waals surface area contributed by atoms with Gasteiger partial charge >= 0.3 is 0 Å². The summed E-state index contributed by atoms with van der Waals surface area (Å²) in [6.07, 6.45) is 0. The van der Waals surface area contributed by atoms with Crippen LogP contribution in [0.5, 0.6) is 0 Å². The van der Waals surface area contributed by atoms with Gasteiger partial charge in [-0.2, -0.15) is 0 Å². The smallest absolute Gasteiger partial charge is 0.136 e. The number of furan rings is 1. The average Bonchev–Trinajstić information content (AvgIpc) is 3.52. The second kappa shape index (κ2) is 8.55. The van der Waals surface area contributed by atoms with Crippen LogP contribution in [0.4, 0.5) is 0 Å². The van der Waals surface area contributed by atoms with Gasteiger partial charge in [0.15, 0.2) is 0 Å². The van der Waals surface area contributed by atoms with Gasteiger partial charge in [-0.3, -0.25) is 0 Å². The molecule has 1 heteroatoms. The summed E-state index contributed by atoms with van der Waals surface area (Å²) in [5.41, 5.74) is 3.62. The molecular formula is C40H24O. The molecule has 1 aromatic heterocycles. The molecule has 0 aliphatic heterocycles. The molecule has 9 aromatic rings. The maximum absolute atomic E-state index is 9.42. The third kappa shape index (κ3) is 3.30. The predicted octanol–water partition coefficient (Wildman–Crippen LogP) is 11.5. The van der Waals surface area contributed by atoms with Gasteiger partial charge in [-0.05, 0) is 89.6 Å². The van der Waals surface area contributed by atoms with Gasteiger partial charge in [0.2, 0.25) is 0 Å². The van der Waals surface area contributed by atoms with E-state index in [0.717, 1.165) is 21.9 Å². The highest BCUT2D eigenvalue weighted by atomic mass is 16.3. The third-order valence-electron chi connectivity index (χ3n) is 7.79. The second-order valence-corrected chi connectivity index (χ2v) is 10.0. The lowest BCUT2D eigenvalue weighted by Gasteiger charge is -2.15. The molecular weight excluding hydrogens is 496 g/mol. The molecule has 41 heavy (non-hydrogen) atoms. The van der Waals surface area contributed by atoms with Gasteiger partial charge in [0, 0.05) is 10.8 Å². The first kappa shape index (κ1) is 14.3. The first-order valence-corrected chi connectivity index (χ1v) is 13.2. The summed E-state index contributed by atoms with van der Waals surface area (Å²) in [5, 5.41) is 2.42. The van der Waals surface area contributed by atoms with Crippen LogP contribution in [0.1, 0.15) is 15.1 Å². The van der Waals surface area contributed by atoms with E-state index in [-0.39, 0.29) is 37.9 Å². The van der Waals surface area contributed by atoms with E-state index in [0.29, 0.717) is 27.5 Å². The van der Waals surface area contributed by atoms with E-state index in [1.807, 2.05) is 60.7 Å². The summed E-state index contributed by atoms with van der Waals surface area (Å²) in [7, 11) is 0.